The molecule has 1 aliphatic heterocycles. The molecule has 1 atom stereocenters. The summed E-state index contributed by atoms with van der Waals surface area (Å²) in [5.74, 6) is 0.0618. The topological polar surface area (TPSA) is 90.9 Å². The van der Waals surface area contributed by atoms with Crippen LogP contribution >= 0.6 is 0 Å². The monoisotopic (exact) mass is 419 g/mol. The first-order valence-corrected chi connectivity index (χ1v) is 9.52. The Labute approximate surface area is 158 Å². The van der Waals surface area contributed by atoms with Crippen LogP contribution in [0.3, 0.4) is 0 Å². The average molecular weight is 419 g/mol. The van der Waals surface area contributed by atoms with Gasteiger partial charge in [-0.1, -0.05) is 0 Å². The van der Waals surface area contributed by atoms with Gasteiger partial charge in [0.2, 0.25) is 21.8 Å². The first-order chi connectivity index (χ1) is 13.2. The summed E-state index contributed by atoms with van der Waals surface area (Å²) in [6.07, 6.45) is -4.84. The number of ether oxygens (including phenoxy) is 3. The van der Waals surface area contributed by atoms with Crippen molar-refractivity contribution in [3.8, 4) is 17.5 Å². The number of nitrogens with zero attached hydrogens (tertiary/aromatic N) is 3. The maximum Gasteiger partial charge on any atom is 0.573 e. The average Bonchev–Trinajstić information content (AvgIpc) is 3.11. The molecule has 152 valence electrons. The summed E-state index contributed by atoms with van der Waals surface area (Å²) in [4.78, 5) is -0.132. The molecule has 0 spiro atoms. The second kappa shape index (κ2) is 7.80. The van der Waals surface area contributed by atoms with Crippen molar-refractivity contribution in [3.63, 3.8) is 0 Å². The van der Waals surface area contributed by atoms with Crippen LogP contribution in [0.4, 0.5) is 13.2 Å². The molecule has 0 radical (unpaired) electrons. The van der Waals surface area contributed by atoms with Gasteiger partial charge in [0.1, 0.15) is 11.9 Å². The van der Waals surface area contributed by atoms with Crippen molar-refractivity contribution < 1.29 is 35.8 Å². The van der Waals surface area contributed by atoms with Gasteiger partial charge in [0.05, 0.1) is 18.6 Å². The van der Waals surface area contributed by atoms with Gasteiger partial charge in [0, 0.05) is 18.7 Å². The van der Waals surface area contributed by atoms with Crippen LogP contribution in [0.5, 0.6) is 17.5 Å². The zero-order valence-corrected chi connectivity index (χ0v) is 15.4. The molecule has 0 amide bonds. The number of hydrogen-bond acceptors (Lipinski definition) is 7. The van der Waals surface area contributed by atoms with Gasteiger partial charge in [-0.3, -0.25) is 0 Å². The quantitative estimate of drug-likeness (QED) is 0.709. The van der Waals surface area contributed by atoms with Crippen molar-refractivity contribution in [3.05, 3.63) is 36.4 Å². The van der Waals surface area contributed by atoms with E-state index in [1.165, 1.54) is 11.4 Å². The number of hydrogen-bond donors (Lipinski definition) is 0. The Balaban J connectivity index is 1.64. The van der Waals surface area contributed by atoms with Crippen LogP contribution in [0.15, 0.2) is 41.3 Å². The SMILES string of the molecule is COc1ccc(OC2CCN(S(=O)(=O)c3ccc(OC(F)(F)F)cc3)C2)nn1. The third-order valence-electron chi connectivity index (χ3n) is 3.91. The minimum atomic E-state index is -4.84. The molecule has 2 aromatic rings. The third-order valence-corrected chi connectivity index (χ3v) is 5.79. The molecule has 1 aromatic carbocycles. The predicted molar refractivity (Wildman–Crippen MR) is 89.5 cm³/mol. The fraction of sp³-hybridized carbons (Fsp3) is 0.375. The van der Waals surface area contributed by atoms with E-state index in [0.717, 1.165) is 24.3 Å². The number of rotatable bonds is 6. The van der Waals surface area contributed by atoms with E-state index in [4.69, 9.17) is 9.47 Å². The predicted octanol–water partition coefficient (Wildman–Crippen LogP) is 2.23. The highest BCUT2D eigenvalue weighted by molar-refractivity contribution is 7.89. The van der Waals surface area contributed by atoms with Gasteiger partial charge in [-0.05, 0) is 30.7 Å². The zero-order chi connectivity index (χ0) is 20.4. The molecule has 0 bridgehead atoms. The van der Waals surface area contributed by atoms with E-state index >= 15 is 0 Å². The number of aromatic nitrogens is 2. The highest BCUT2D eigenvalue weighted by Crippen LogP contribution is 2.27. The van der Waals surface area contributed by atoms with E-state index in [1.54, 1.807) is 12.1 Å². The van der Waals surface area contributed by atoms with Crippen molar-refractivity contribution in [1.29, 1.82) is 0 Å². The third kappa shape index (κ3) is 4.81. The van der Waals surface area contributed by atoms with Crippen LogP contribution in [-0.4, -0.2) is 55.6 Å². The normalized spacial score (nSPS) is 18.1. The Morgan fingerprint density at radius 2 is 1.71 bits per heavy atom. The van der Waals surface area contributed by atoms with Crippen molar-refractivity contribution in [2.75, 3.05) is 20.2 Å². The van der Waals surface area contributed by atoms with Gasteiger partial charge in [0.25, 0.3) is 0 Å². The fourth-order valence-electron chi connectivity index (χ4n) is 2.62. The summed E-state index contributed by atoms with van der Waals surface area (Å²) in [5, 5.41) is 7.59. The molecule has 1 saturated heterocycles. The fourth-order valence-corrected chi connectivity index (χ4v) is 4.11. The van der Waals surface area contributed by atoms with E-state index in [9.17, 15) is 21.6 Å². The molecular formula is C16H16F3N3O5S. The molecular weight excluding hydrogens is 403 g/mol. The molecule has 1 aliphatic rings. The number of benzene rings is 1. The van der Waals surface area contributed by atoms with Gasteiger partial charge in [0.15, 0.2) is 0 Å². The molecule has 8 nitrogen and oxygen atoms in total. The second-order valence-electron chi connectivity index (χ2n) is 5.82. The number of halogens is 3. The van der Waals surface area contributed by atoms with Gasteiger partial charge < -0.3 is 14.2 Å². The minimum absolute atomic E-state index is 0.0802. The smallest absolute Gasteiger partial charge is 0.480 e. The molecule has 1 fully saturated rings. The van der Waals surface area contributed by atoms with Crippen molar-refractivity contribution in [2.45, 2.75) is 23.8 Å². The van der Waals surface area contributed by atoms with Gasteiger partial charge in [-0.25, -0.2) is 8.42 Å². The van der Waals surface area contributed by atoms with E-state index in [-0.39, 0.29) is 23.9 Å². The van der Waals surface area contributed by atoms with Crippen LogP contribution in [-0.2, 0) is 10.0 Å². The lowest BCUT2D eigenvalue weighted by atomic mass is 10.3. The number of alkyl halides is 3. The van der Waals surface area contributed by atoms with E-state index in [1.807, 2.05) is 0 Å². The van der Waals surface area contributed by atoms with Crippen LogP contribution in [0.2, 0.25) is 0 Å². The van der Waals surface area contributed by atoms with Crippen LogP contribution in [0.1, 0.15) is 6.42 Å². The molecule has 0 saturated carbocycles. The molecule has 1 aromatic heterocycles. The van der Waals surface area contributed by atoms with Crippen molar-refractivity contribution in [1.82, 2.24) is 14.5 Å². The molecule has 28 heavy (non-hydrogen) atoms. The van der Waals surface area contributed by atoms with Gasteiger partial charge >= 0.3 is 6.36 Å². The second-order valence-corrected chi connectivity index (χ2v) is 7.76. The Kier molecular flexibility index (Phi) is 5.61. The summed E-state index contributed by atoms with van der Waals surface area (Å²) in [6.45, 7) is 0.286. The summed E-state index contributed by atoms with van der Waals surface area (Å²) >= 11 is 0. The van der Waals surface area contributed by atoms with Gasteiger partial charge in [-0.2, -0.15) is 4.31 Å². The lowest BCUT2D eigenvalue weighted by molar-refractivity contribution is -0.274. The highest BCUT2D eigenvalue weighted by atomic mass is 32.2. The van der Waals surface area contributed by atoms with Crippen LogP contribution in [0.25, 0.3) is 0 Å². The molecule has 3 rings (SSSR count). The van der Waals surface area contributed by atoms with E-state index in [0.29, 0.717) is 12.3 Å². The van der Waals surface area contributed by atoms with E-state index < -0.39 is 28.2 Å². The lowest BCUT2D eigenvalue weighted by Gasteiger charge is -2.17. The van der Waals surface area contributed by atoms with Crippen LogP contribution in [0, 0.1) is 0 Å². The van der Waals surface area contributed by atoms with Gasteiger partial charge in [-0.15, -0.1) is 23.4 Å². The molecule has 2 heterocycles. The minimum Gasteiger partial charge on any atom is -0.480 e. The first-order valence-electron chi connectivity index (χ1n) is 8.08. The molecule has 0 aliphatic carbocycles. The van der Waals surface area contributed by atoms with Crippen molar-refractivity contribution >= 4 is 10.0 Å². The Bertz CT molecular complexity index is 905. The maximum atomic E-state index is 12.7. The number of methoxy groups -OCH3 is 1. The summed E-state index contributed by atoms with van der Waals surface area (Å²) in [7, 11) is -2.42. The lowest BCUT2D eigenvalue weighted by Crippen LogP contribution is -2.31. The first kappa shape index (κ1) is 20.1. The Morgan fingerprint density at radius 1 is 1.07 bits per heavy atom. The standard InChI is InChI=1S/C16H16F3N3O5S/c1-25-14-6-7-15(21-20-14)26-12-8-9-22(10-12)28(23,24)13-4-2-11(3-5-13)27-16(17,18)19/h2-7,12H,8-10H2,1H3. The van der Waals surface area contributed by atoms with Crippen LogP contribution < -0.4 is 14.2 Å². The summed E-state index contributed by atoms with van der Waals surface area (Å²) < 4.78 is 77.4. The maximum absolute atomic E-state index is 12.7. The Hall–Kier alpha value is -2.60. The Morgan fingerprint density at radius 3 is 2.29 bits per heavy atom. The van der Waals surface area contributed by atoms with E-state index in [2.05, 4.69) is 14.9 Å². The highest BCUT2D eigenvalue weighted by Gasteiger charge is 2.35. The largest absolute Gasteiger partial charge is 0.573 e. The molecule has 12 heteroatoms. The number of sulfonamides is 1. The molecule has 1 unspecified atom stereocenters. The molecule has 0 N–H and O–H groups in total. The zero-order valence-electron chi connectivity index (χ0n) is 14.6. The summed E-state index contributed by atoms with van der Waals surface area (Å²) in [6, 6.07) is 7.17. The summed E-state index contributed by atoms with van der Waals surface area (Å²) in [5.41, 5.74) is 0. The van der Waals surface area contributed by atoms with Crippen molar-refractivity contribution in [2.24, 2.45) is 0 Å².